The van der Waals surface area contributed by atoms with E-state index in [-0.39, 0.29) is 0 Å². The Morgan fingerprint density at radius 3 is 2.89 bits per heavy atom. The fourth-order valence-corrected chi connectivity index (χ4v) is 2.93. The fraction of sp³-hybridized carbons (Fsp3) is 0.214. The van der Waals surface area contributed by atoms with Crippen LogP contribution in [0.25, 0.3) is 0 Å². The van der Waals surface area contributed by atoms with Gasteiger partial charge in [-0.15, -0.1) is 0 Å². The van der Waals surface area contributed by atoms with Crippen molar-refractivity contribution in [3.63, 3.8) is 0 Å². The summed E-state index contributed by atoms with van der Waals surface area (Å²) < 4.78 is 4.86. The lowest BCUT2D eigenvalue weighted by atomic mass is 10.2. The maximum atomic E-state index is 5.49. The first kappa shape index (κ1) is 13.2. The van der Waals surface area contributed by atoms with Crippen LogP contribution in [0.15, 0.2) is 53.6 Å². The minimum absolute atomic E-state index is 0.414. The van der Waals surface area contributed by atoms with E-state index in [1.807, 2.05) is 24.3 Å². The highest BCUT2D eigenvalue weighted by Crippen LogP contribution is 2.29. The quantitative estimate of drug-likeness (QED) is 0.610. The number of para-hydroxylation sites is 1. The Hall–Kier alpha value is -1.19. The molecule has 0 saturated heterocycles. The number of halogens is 1. The minimum Gasteiger partial charge on any atom is -0.385 e. The van der Waals surface area contributed by atoms with Gasteiger partial charge in [0.2, 0.25) is 0 Å². The van der Waals surface area contributed by atoms with Crippen molar-refractivity contribution in [2.75, 3.05) is 7.05 Å². The molecule has 0 heterocycles. The molecule has 0 saturated carbocycles. The molecule has 2 rings (SSSR count). The van der Waals surface area contributed by atoms with Crippen molar-refractivity contribution in [3.05, 3.63) is 54.1 Å². The van der Waals surface area contributed by atoms with Crippen molar-refractivity contribution >= 4 is 28.7 Å². The average Bonchev–Trinajstić information content (AvgIpc) is 2.46. The van der Waals surface area contributed by atoms with Crippen LogP contribution in [0.4, 0.5) is 0 Å². The Morgan fingerprint density at radius 1 is 1.39 bits per heavy atom. The summed E-state index contributed by atoms with van der Waals surface area (Å²) in [6.07, 6.45) is 9.49. The molecule has 1 atom stereocenters. The largest absolute Gasteiger partial charge is 0.385 e. The molecule has 0 amide bonds. The predicted molar refractivity (Wildman–Crippen MR) is 79.7 cm³/mol. The molecule has 4 heteroatoms. The van der Waals surface area contributed by atoms with Crippen LogP contribution < -0.4 is 4.29 Å². The molecule has 1 aliphatic carbocycles. The third-order valence-electron chi connectivity index (χ3n) is 2.61. The number of hydrogen-bond acceptors (Lipinski definition) is 3. The smallest absolute Gasteiger partial charge is 0.156 e. The van der Waals surface area contributed by atoms with Crippen LogP contribution in [0.3, 0.4) is 0 Å². The molecule has 94 valence electrons. The Bertz CT molecular complexity index is 496. The van der Waals surface area contributed by atoms with Crippen molar-refractivity contribution in [2.45, 2.75) is 11.7 Å². The van der Waals surface area contributed by atoms with Crippen LogP contribution >= 0.6 is 23.6 Å². The number of nitrogens with zero attached hydrogens (tertiary/aromatic N) is 1. The number of benzene rings is 1. The van der Waals surface area contributed by atoms with E-state index in [2.05, 4.69) is 29.3 Å². The summed E-state index contributed by atoms with van der Waals surface area (Å²) in [6.45, 7) is 0. The van der Waals surface area contributed by atoms with Gasteiger partial charge in [-0.2, -0.15) is 0 Å². The maximum Gasteiger partial charge on any atom is 0.156 e. The van der Waals surface area contributed by atoms with Crippen molar-refractivity contribution in [1.29, 1.82) is 0 Å². The average molecular weight is 280 g/mol. The molecule has 2 nitrogen and oxygen atoms in total. The minimum atomic E-state index is 0.414. The standard InChI is InChI=1S/C14H14ClNOS/c1-16-14(18-11-7-3-2-4-8-11)12-9-5-6-10-13(12)17-15/h2-7,9-11H,8H2,1H3. The molecule has 0 aliphatic heterocycles. The highest BCUT2D eigenvalue weighted by molar-refractivity contribution is 8.15. The normalized spacial score (nSPS) is 19.0. The van der Waals surface area contributed by atoms with Crippen molar-refractivity contribution in [1.82, 2.24) is 0 Å². The zero-order valence-electron chi connectivity index (χ0n) is 10.0. The van der Waals surface area contributed by atoms with Crippen molar-refractivity contribution in [3.8, 4) is 5.75 Å². The van der Waals surface area contributed by atoms with Gasteiger partial charge in [-0.1, -0.05) is 48.2 Å². The van der Waals surface area contributed by atoms with Crippen LogP contribution in [-0.2, 0) is 0 Å². The number of aliphatic imine (C=N–C) groups is 1. The second kappa shape index (κ2) is 6.66. The van der Waals surface area contributed by atoms with Crippen LogP contribution in [0.1, 0.15) is 12.0 Å². The van der Waals surface area contributed by atoms with Crippen molar-refractivity contribution < 1.29 is 4.29 Å². The van der Waals surface area contributed by atoms with Crippen LogP contribution in [-0.4, -0.2) is 17.3 Å². The summed E-state index contributed by atoms with van der Waals surface area (Å²) in [7, 11) is 1.79. The van der Waals surface area contributed by atoms with E-state index in [0.29, 0.717) is 11.0 Å². The monoisotopic (exact) mass is 279 g/mol. The zero-order chi connectivity index (χ0) is 12.8. The van der Waals surface area contributed by atoms with Gasteiger partial charge in [0.15, 0.2) is 5.75 Å². The predicted octanol–water partition coefficient (Wildman–Crippen LogP) is 4.21. The lowest BCUT2D eigenvalue weighted by molar-refractivity contribution is 0.618. The summed E-state index contributed by atoms with van der Waals surface area (Å²) in [5.41, 5.74) is 0.933. The summed E-state index contributed by atoms with van der Waals surface area (Å²) in [5, 5.41) is 1.35. The Labute approximate surface area is 117 Å². The van der Waals surface area contributed by atoms with Crippen LogP contribution in [0.2, 0.25) is 0 Å². The molecule has 1 aromatic rings. The molecular formula is C14H14ClNOS. The molecule has 0 bridgehead atoms. The van der Waals surface area contributed by atoms with Gasteiger partial charge in [0.05, 0.1) is 5.56 Å². The van der Waals surface area contributed by atoms with Crippen LogP contribution in [0, 0.1) is 0 Å². The molecule has 1 unspecified atom stereocenters. The third kappa shape index (κ3) is 3.18. The molecule has 18 heavy (non-hydrogen) atoms. The number of allylic oxidation sites excluding steroid dienone is 3. The molecule has 1 aromatic carbocycles. The fourth-order valence-electron chi connectivity index (χ4n) is 1.74. The van der Waals surface area contributed by atoms with E-state index in [1.165, 1.54) is 0 Å². The highest BCUT2D eigenvalue weighted by atomic mass is 35.5. The molecule has 0 fully saturated rings. The topological polar surface area (TPSA) is 21.6 Å². The van der Waals surface area contributed by atoms with Crippen LogP contribution in [0.5, 0.6) is 5.75 Å². The molecule has 0 spiro atoms. The van der Waals surface area contributed by atoms with E-state index in [1.54, 1.807) is 18.8 Å². The number of rotatable bonds is 3. The van der Waals surface area contributed by atoms with E-state index >= 15 is 0 Å². The molecule has 1 aliphatic rings. The maximum absolute atomic E-state index is 5.49. The van der Waals surface area contributed by atoms with E-state index in [9.17, 15) is 0 Å². The Kier molecular flexibility index (Phi) is 4.90. The molecular weight excluding hydrogens is 266 g/mol. The summed E-state index contributed by atoms with van der Waals surface area (Å²) in [6, 6.07) is 7.65. The Morgan fingerprint density at radius 2 is 2.22 bits per heavy atom. The first-order valence-corrected chi connectivity index (χ1v) is 6.88. The van der Waals surface area contributed by atoms with Crippen molar-refractivity contribution in [2.24, 2.45) is 4.99 Å². The third-order valence-corrected chi connectivity index (χ3v) is 4.05. The Balaban J connectivity index is 2.18. The second-order valence-corrected chi connectivity index (χ2v) is 5.19. The SMILES string of the molecule is CN=C(SC1C=CC=CC1)c1ccccc1OCl. The van der Waals surface area contributed by atoms with E-state index < -0.39 is 0 Å². The zero-order valence-corrected chi connectivity index (χ0v) is 11.6. The van der Waals surface area contributed by atoms with Gasteiger partial charge in [0.1, 0.15) is 16.9 Å². The summed E-state index contributed by atoms with van der Waals surface area (Å²) in [5.74, 6) is 0.641. The van der Waals surface area contributed by atoms with E-state index in [4.69, 9.17) is 16.2 Å². The molecule has 0 N–H and O–H groups in total. The van der Waals surface area contributed by atoms with Gasteiger partial charge in [-0.05, 0) is 18.6 Å². The number of thioether (sulfide) groups is 1. The van der Waals surface area contributed by atoms with E-state index in [0.717, 1.165) is 17.0 Å². The summed E-state index contributed by atoms with van der Waals surface area (Å²) in [4.78, 5) is 4.34. The second-order valence-electron chi connectivity index (χ2n) is 3.81. The summed E-state index contributed by atoms with van der Waals surface area (Å²) >= 11 is 7.21. The lowest BCUT2D eigenvalue weighted by Crippen LogP contribution is -2.06. The van der Waals surface area contributed by atoms with Gasteiger partial charge >= 0.3 is 0 Å². The first-order valence-electron chi connectivity index (χ1n) is 5.70. The van der Waals surface area contributed by atoms with Gasteiger partial charge < -0.3 is 4.29 Å². The molecule has 0 aromatic heterocycles. The van der Waals surface area contributed by atoms with Gasteiger partial charge in [0.25, 0.3) is 0 Å². The van der Waals surface area contributed by atoms with Gasteiger partial charge in [-0.3, -0.25) is 4.99 Å². The van der Waals surface area contributed by atoms with Gasteiger partial charge in [0, 0.05) is 12.3 Å². The highest BCUT2D eigenvalue weighted by Gasteiger charge is 2.15. The van der Waals surface area contributed by atoms with Gasteiger partial charge in [-0.25, -0.2) is 0 Å². The lowest BCUT2D eigenvalue weighted by Gasteiger charge is -2.15. The molecule has 0 radical (unpaired) electrons. The first-order chi connectivity index (χ1) is 8.85. The number of hydrogen-bond donors (Lipinski definition) is 0.